The van der Waals surface area contributed by atoms with Crippen molar-refractivity contribution in [1.82, 2.24) is 9.80 Å². The number of carbonyl (C=O) groups is 2. The Hall–Kier alpha value is -2.85. The van der Waals surface area contributed by atoms with Crippen LogP contribution in [0.1, 0.15) is 11.1 Å². The van der Waals surface area contributed by atoms with Crippen molar-refractivity contribution in [1.29, 1.82) is 0 Å². The number of para-hydroxylation sites is 1. The predicted octanol–water partition coefficient (Wildman–Crippen LogP) is 2.32. The molecule has 3 rings (SSSR count). The van der Waals surface area contributed by atoms with Gasteiger partial charge < -0.3 is 10.2 Å². The second-order valence-electron chi connectivity index (χ2n) is 7.61. The van der Waals surface area contributed by atoms with Crippen LogP contribution in [-0.2, 0) is 25.8 Å². The van der Waals surface area contributed by atoms with Gasteiger partial charge in [-0.05, 0) is 30.2 Å². The number of alkyl halides is 2. The molecule has 10 heteroatoms. The monoisotopic (exact) mass is 465 g/mol. The van der Waals surface area contributed by atoms with E-state index in [2.05, 4.69) is 5.32 Å². The smallest absolute Gasteiger partial charge is 0.340 e. The van der Waals surface area contributed by atoms with E-state index in [1.165, 1.54) is 18.2 Å². The lowest BCUT2D eigenvalue weighted by molar-refractivity contribution is -0.132. The molecule has 2 aromatic rings. The zero-order valence-corrected chi connectivity index (χ0v) is 18.4. The lowest BCUT2D eigenvalue weighted by Gasteiger charge is -2.34. The second-order valence-corrected chi connectivity index (χ2v) is 9.50. The Bertz CT molecular complexity index is 1080. The third-order valence-corrected chi connectivity index (χ3v) is 6.84. The zero-order valence-electron chi connectivity index (χ0n) is 17.6. The summed E-state index contributed by atoms with van der Waals surface area (Å²) in [5.41, 5.74) is 1.87. The molecule has 32 heavy (non-hydrogen) atoms. The summed E-state index contributed by atoms with van der Waals surface area (Å²) in [6.45, 7) is 3.81. The first-order chi connectivity index (χ1) is 15.2. The number of hydrogen-bond acceptors (Lipinski definition) is 5. The van der Waals surface area contributed by atoms with E-state index in [1.54, 1.807) is 4.90 Å². The lowest BCUT2D eigenvalue weighted by atomic mass is 10.1. The number of sulfone groups is 1. The summed E-state index contributed by atoms with van der Waals surface area (Å²) in [6.07, 6.45) is 0.322. The van der Waals surface area contributed by atoms with Gasteiger partial charge in [0.05, 0.1) is 23.5 Å². The minimum atomic E-state index is -4.84. The fourth-order valence-electron chi connectivity index (χ4n) is 3.55. The van der Waals surface area contributed by atoms with Crippen molar-refractivity contribution in [3.63, 3.8) is 0 Å². The van der Waals surface area contributed by atoms with Gasteiger partial charge in [0.25, 0.3) is 0 Å². The molecular formula is C22H25F2N3O4S. The highest BCUT2D eigenvalue weighted by atomic mass is 32.2. The Morgan fingerprint density at radius 3 is 2.28 bits per heavy atom. The van der Waals surface area contributed by atoms with Gasteiger partial charge in [-0.25, -0.2) is 8.42 Å². The predicted molar refractivity (Wildman–Crippen MR) is 116 cm³/mol. The largest absolute Gasteiger partial charge is 0.341 e. The molecule has 0 bridgehead atoms. The summed E-state index contributed by atoms with van der Waals surface area (Å²) >= 11 is 0. The molecule has 172 valence electrons. The van der Waals surface area contributed by atoms with Crippen LogP contribution in [-0.4, -0.2) is 68.5 Å². The van der Waals surface area contributed by atoms with Gasteiger partial charge >= 0.3 is 5.76 Å². The summed E-state index contributed by atoms with van der Waals surface area (Å²) in [5.74, 6) is -4.07. The molecule has 0 aromatic heterocycles. The first-order valence-corrected chi connectivity index (χ1v) is 11.7. The maximum absolute atomic E-state index is 12.9. The summed E-state index contributed by atoms with van der Waals surface area (Å²) in [6, 6.07) is 12.8. The van der Waals surface area contributed by atoms with Crippen LogP contribution in [0.25, 0.3) is 0 Å². The van der Waals surface area contributed by atoms with Gasteiger partial charge in [-0.2, -0.15) is 8.78 Å². The third-order valence-electron chi connectivity index (χ3n) is 5.40. The van der Waals surface area contributed by atoms with Crippen LogP contribution in [0.5, 0.6) is 0 Å². The SMILES string of the molecule is Cc1ccccc1CC(=O)N1CCN(CC(=O)Nc2ccccc2S(=O)(=O)C(F)F)CC1. The Labute approximate surface area is 185 Å². The molecule has 0 atom stereocenters. The summed E-state index contributed by atoms with van der Waals surface area (Å²) in [4.78, 5) is 28.0. The number of anilines is 1. The normalized spacial score (nSPS) is 15.1. The van der Waals surface area contributed by atoms with Gasteiger partial charge in [-0.3, -0.25) is 14.5 Å². The average molecular weight is 466 g/mol. The fourth-order valence-corrected chi connectivity index (χ4v) is 4.43. The van der Waals surface area contributed by atoms with Crippen molar-refractivity contribution in [2.75, 3.05) is 38.0 Å². The number of nitrogens with zero attached hydrogens (tertiary/aromatic N) is 2. The van der Waals surface area contributed by atoms with E-state index in [4.69, 9.17) is 0 Å². The fraction of sp³-hybridized carbons (Fsp3) is 0.364. The van der Waals surface area contributed by atoms with Crippen molar-refractivity contribution in [3.8, 4) is 0 Å². The number of benzene rings is 2. The number of rotatable bonds is 7. The highest BCUT2D eigenvalue weighted by Gasteiger charge is 2.30. The molecule has 1 N–H and O–H groups in total. The van der Waals surface area contributed by atoms with E-state index in [1.807, 2.05) is 36.1 Å². The minimum Gasteiger partial charge on any atom is -0.340 e. The van der Waals surface area contributed by atoms with E-state index >= 15 is 0 Å². The number of halogens is 2. The quantitative estimate of drug-likeness (QED) is 0.678. The van der Waals surface area contributed by atoms with Gasteiger partial charge in [-0.15, -0.1) is 0 Å². The van der Waals surface area contributed by atoms with Crippen LogP contribution in [0, 0.1) is 6.92 Å². The molecule has 7 nitrogen and oxygen atoms in total. The van der Waals surface area contributed by atoms with E-state index in [0.717, 1.165) is 17.2 Å². The second kappa shape index (κ2) is 10.2. The van der Waals surface area contributed by atoms with Gasteiger partial charge in [0, 0.05) is 26.2 Å². The van der Waals surface area contributed by atoms with Crippen LogP contribution in [0.4, 0.5) is 14.5 Å². The first-order valence-electron chi connectivity index (χ1n) is 10.1. The van der Waals surface area contributed by atoms with E-state index in [-0.39, 0.29) is 18.1 Å². The van der Waals surface area contributed by atoms with E-state index in [0.29, 0.717) is 32.6 Å². The number of aryl methyl sites for hydroxylation is 1. The Balaban J connectivity index is 1.53. The summed E-state index contributed by atoms with van der Waals surface area (Å²) in [7, 11) is -4.84. The molecule has 2 amide bonds. The van der Waals surface area contributed by atoms with Gasteiger partial charge in [0.15, 0.2) is 0 Å². The van der Waals surface area contributed by atoms with Crippen LogP contribution >= 0.6 is 0 Å². The highest BCUT2D eigenvalue weighted by molar-refractivity contribution is 7.91. The Morgan fingerprint density at radius 2 is 1.62 bits per heavy atom. The van der Waals surface area contributed by atoms with Gasteiger partial charge in [0.1, 0.15) is 0 Å². The molecule has 1 aliphatic rings. The Kier molecular flexibility index (Phi) is 7.57. The topological polar surface area (TPSA) is 86.8 Å². The van der Waals surface area contributed by atoms with Crippen molar-refractivity contribution in [2.45, 2.75) is 24.0 Å². The molecule has 0 unspecified atom stereocenters. The number of hydrogen-bond donors (Lipinski definition) is 1. The van der Waals surface area contributed by atoms with Crippen molar-refractivity contribution in [2.24, 2.45) is 0 Å². The van der Waals surface area contributed by atoms with Crippen LogP contribution in [0.3, 0.4) is 0 Å². The molecule has 1 fully saturated rings. The molecule has 2 aromatic carbocycles. The number of carbonyl (C=O) groups excluding carboxylic acids is 2. The highest BCUT2D eigenvalue weighted by Crippen LogP contribution is 2.26. The minimum absolute atomic E-state index is 0.0227. The first kappa shape index (κ1) is 23.8. The molecular weight excluding hydrogens is 440 g/mol. The maximum atomic E-state index is 12.9. The average Bonchev–Trinajstić information content (AvgIpc) is 2.76. The van der Waals surface area contributed by atoms with Crippen molar-refractivity contribution in [3.05, 3.63) is 59.7 Å². The lowest BCUT2D eigenvalue weighted by Crippen LogP contribution is -2.50. The summed E-state index contributed by atoms with van der Waals surface area (Å²) < 4.78 is 49.5. The molecule has 1 aliphatic heterocycles. The van der Waals surface area contributed by atoms with E-state index < -0.39 is 26.4 Å². The zero-order chi connectivity index (χ0) is 23.3. The van der Waals surface area contributed by atoms with Gasteiger partial charge in [0.2, 0.25) is 21.7 Å². The number of piperazine rings is 1. The molecule has 0 radical (unpaired) electrons. The molecule has 0 aliphatic carbocycles. The number of amides is 2. The maximum Gasteiger partial charge on any atom is 0.341 e. The van der Waals surface area contributed by atoms with Crippen molar-refractivity contribution < 1.29 is 26.8 Å². The van der Waals surface area contributed by atoms with Crippen LogP contribution in [0.15, 0.2) is 53.4 Å². The molecule has 1 heterocycles. The molecule has 0 saturated carbocycles. The van der Waals surface area contributed by atoms with Crippen molar-refractivity contribution >= 4 is 27.3 Å². The summed E-state index contributed by atoms with van der Waals surface area (Å²) in [5, 5.41) is 2.42. The molecule has 1 saturated heterocycles. The van der Waals surface area contributed by atoms with Gasteiger partial charge in [-0.1, -0.05) is 36.4 Å². The van der Waals surface area contributed by atoms with Crippen LogP contribution < -0.4 is 5.32 Å². The molecule has 0 spiro atoms. The van der Waals surface area contributed by atoms with E-state index in [9.17, 15) is 26.8 Å². The third kappa shape index (κ3) is 5.68. The van der Waals surface area contributed by atoms with Crippen LogP contribution in [0.2, 0.25) is 0 Å². The number of nitrogens with one attached hydrogen (secondary N) is 1. The Morgan fingerprint density at radius 1 is 1.00 bits per heavy atom. The standard InChI is InChI=1S/C22H25F2N3O4S/c1-16-6-2-3-7-17(16)14-21(29)27-12-10-26(11-13-27)15-20(28)25-18-8-4-5-9-19(18)32(30,31)22(23)24/h2-9,22H,10-15H2,1H3,(H,25,28).